The molecule has 2 rings (SSSR count). The zero-order chi connectivity index (χ0) is 9.42. The molecule has 0 bridgehead atoms. The molecular weight excluding hydrogens is 224 g/mol. The van der Waals surface area contributed by atoms with Crippen molar-refractivity contribution in [2.75, 3.05) is 0 Å². The molecule has 0 aliphatic rings. The first-order chi connectivity index (χ1) is 6.20. The second kappa shape index (κ2) is 3.15. The molecule has 0 heterocycles. The third-order valence-corrected chi connectivity index (χ3v) is 3.42. The number of halogens is 1. The van der Waals surface area contributed by atoms with Crippen LogP contribution in [0.5, 0.6) is 0 Å². The standard InChI is InChI=1S/C12H11Br/c1-8-7-9(2)12(13)11-6-4-3-5-10(8)11/h3-7H,1-2H3. The van der Waals surface area contributed by atoms with Crippen LogP contribution in [0.2, 0.25) is 0 Å². The molecule has 0 spiro atoms. The smallest absolute Gasteiger partial charge is 0.0283 e. The van der Waals surface area contributed by atoms with Crippen LogP contribution in [-0.2, 0) is 0 Å². The van der Waals surface area contributed by atoms with E-state index in [-0.39, 0.29) is 0 Å². The summed E-state index contributed by atoms with van der Waals surface area (Å²) in [6.45, 7) is 4.28. The number of fused-ring (bicyclic) bond motifs is 1. The molecule has 0 aliphatic carbocycles. The van der Waals surface area contributed by atoms with Crippen LogP contribution in [0, 0.1) is 13.8 Å². The van der Waals surface area contributed by atoms with Gasteiger partial charge in [0.15, 0.2) is 0 Å². The summed E-state index contributed by atoms with van der Waals surface area (Å²) in [5.74, 6) is 0. The summed E-state index contributed by atoms with van der Waals surface area (Å²) in [4.78, 5) is 0. The predicted octanol–water partition coefficient (Wildman–Crippen LogP) is 4.22. The molecular formula is C12H11Br. The molecule has 66 valence electrons. The highest BCUT2D eigenvalue weighted by Gasteiger charge is 2.03. The maximum absolute atomic E-state index is 3.61. The Morgan fingerprint density at radius 3 is 2.23 bits per heavy atom. The second-order valence-corrected chi connectivity index (χ2v) is 4.16. The van der Waals surface area contributed by atoms with Crippen LogP contribution in [0.15, 0.2) is 34.8 Å². The Labute approximate surface area is 86.7 Å². The Bertz CT molecular complexity index is 458. The minimum absolute atomic E-state index is 1.22. The van der Waals surface area contributed by atoms with E-state index in [1.54, 1.807) is 0 Å². The average Bonchev–Trinajstić information content (AvgIpc) is 2.15. The third kappa shape index (κ3) is 1.37. The molecule has 1 heteroatoms. The van der Waals surface area contributed by atoms with Crippen LogP contribution >= 0.6 is 15.9 Å². The summed E-state index contributed by atoms with van der Waals surface area (Å²) in [6.07, 6.45) is 0. The summed E-state index contributed by atoms with van der Waals surface area (Å²) >= 11 is 3.61. The lowest BCUT2D eigenvalue weighted by atomic mass is 10.0. The van der Waals surface area contributed by atoms with Gasteiger partial charge in [-0.2, -0.15) is 0 Å². The van der Waals surface area contributed by atoms with Gasteiger partial charge in [-0.25, -0.2) is 0 Å². The molecule has 0 aromatic heterocycles. The maximum atomic E-state index is 3.61. The molecule has 0 amide bonds. The van der Waals surface area contributed by atoms with E-state index in [4.69, 9.17) is 0 Å². The van der Waals surface area contributed by atoms with Crippen molar-refractivity contribution in [3.8, 4) is 0 Å². The summed E-state index contributed by atoms with van der Waals surface area (Å²) in [7, 11) is 0. The number of benzene rings is 2. The fraction of sp³-hybridized carbons (Fsp3) is 0.167. The molecule has 2 aromatic rings. The molecule has 0 saturated carbocycles. The lowest BCUT2D eigenvalue weighted by Gasteiger charge is -2.07. The minimum Gasteiger partial charge on any atom is -0.0616 e. The van der Waals surface area contributed by atoms with E-state index in [9.17, 15) is 0 Å². The van der Waals surface area contributed by atoms with Crippen molar-refractivity contribution in [2.45, 2.75) is 13.8 Å². The van der Waals surface area contributed by atoms with Crippen molar-refractivity contribution < 1.29 is 0 Å². The van der Waals surface area contributed by atoms with E-state index >= 15 is 0 Å². The van der Waals surface area contributed by atoms with Gasteiger partial charge in [-0.1, -0.05) is 30.3 Å². The monoisotopic (exact) mass is 234 g/mol. The first kappa shape index (κ1) is 8.76. The fourth-order valence-electron chi connectivity index (χ4n) is 1.70. The van der Waals surface area contributed by atoms with Gasteiger partial charge in [0, 0.05) is 4.47 Å². The number of rotatable bonds is 0. The molecule has 0 nitrogen and oxygen atoms in total. The van der Waals surface area contributed by atoms with Crippen LogP contribution < -0.4 is 0 Å². The van der Waals surface area contributed by atoms with Crippen LogP contribution in [0.25, 0.3) is 10.8 Å². The van der Waals surface area contributed by atoms with Crippen molar-refractivity contribution in [3.05, 3.63) is 45.9 Å². The number of aryl methyl sites for hydroxylation is 2. The largest absolute Gasteiger partial charge is 0.0616 e. The molecule has 0 atom stereocenters. The fourth-order valence-corrected chi connectivity index (χ4v) is 2.16. The van der Waals surface area contributed by atoms with E-state index in [1.807, 2.05) is 0 Å². The van der Waals surface area contributed by atoms with Gasteiger partial charge in [0.1, 0.15) is 0 Å². The quantitative estimate of drug-likeness (QED) is 0.641. The number of hydrogen-bond donors (Lipinski definition) is 0. The van der Waals surface area contributed by atoms with Gasteiger partial charge in [0.2, 0.25) is 0 Å². The van der Waals surface area contributed by atoms with Crippen LogP contribution in [0.4, 0.5) is 0 Å². The molecule has 2 aromatic carbocycles. The first-order valence-corrected chi connectivity index (χ1v) is 5.14. The SMILES string of the molecule is Cc1cc(C)c2ccccc2c1Br. The van der Waals surface area contributed by atoms with Crippen molar-refractivity contribution in [1.29, 1.82) is 0 Å². The Balaban J connectivity index is 2.97. The summed E-state index contributed by atoms with van der Waals surface area (Å²) in [5.41, 5.74) is 2.65. The first-order valence-electron chi connectivity index (χ1n) is 4.34. The summed E-state index contributed by atoms with van der Waals surface area (Å²) in [5, 5.41) is 2.64. The van der Waals surface area contributed by atoms with Gasteiger partial charge in [0.05, 0.1) is 0 Å². The highest BCUT2D eigenvalue weighted by molar-refractivity contribution is 9.10. The van der Waals surface area contributed by atoms with Crippen molar-refractivity contribution in [2.24, 2.45) is 0 Å². The molecule has 0 unspecified atom stereocenters. The van der Waals surface area contributed by atoms with E-state index < -0.39 is 0 Å². The van der Waals surface area contributed by atoms with Gasteiger partial charge in [0.25, 0.3) is 0 Å². The molecule has 0 aliphatic heterocycles. The second-order valence-electron chi connectivity index (χ2n) is 3.37. The Hall–Kier alpha value is -0.820. The van der Waals surface area contributed by atoms with Gasteiger partial charge < -0.3 is 0 Å². The van der Waals surface area contributed by atoms with Gasteiger partial charge in [-0.3, -0.25) is 0 Å². The zero-order valence-corrected chi connectivity index (χ0v) is 9.35. The van der Waals surface area contributed by atoms with Crippen molar-refractivity contribution in [1.82, 2.24) is 0 Å². The van der Waals surface area contributed by atoms with Crippen molar-refractivity contribution >= 4 is 26.7 Å². The Morgan fingerprint density at radius 1 is 0.923 bits per heavy atom. The van der Waals surface area contributed by atoms with Gasteiger partial charge in [-0.15, -0.1) is 0 Å². The Morgan fingerprint density at radius 2 is 1.54 bits per heavy atom. The van der Waals surface area contributed by atoms with E-state index in [0.29, 0.717) is 0 Å². The lowest BCUT2D eigenvalue weighted by molar-refractivity contribution is 1.40. The highest BCUT2D eigenvalue weighted by Crippen LogP contribution is 2.29. The van der Waals surface area contributed by atoms with E-state index in [2.05, 4.69) is 60.1 Å². The molecule has 0 radical (unpaired) electrons. The van der Waals surface area contributed by atoms with Gasteiger partial charge in [-0.05, 0) is 51.7 Å². The molecule has 0 saturated heterocycles. The van der Waals surface area contributed by atoms with E-state index in [0.717, 1.165) is 0 Å². The molecule has 0 N–H and O–H groups in total. The Kier molecular flexibility index (Phi) is 2.12. The summed E-state index contributed by atoms with van der Waals surface area (Å²) < 4.78 is 1.22. The highest BCUT2D eigenvalue weighted by atomic mass is 79.9. The van der Waals surface area contributed by atoms with E-state index in [1.165, 1.54) is 26.4 Å². The zero-order valence-electron chi connectivity index (χ0n) is 7.76. The maximum Gasteiger partial charge on any atom is 0.0283 e. The third-order valence-electron chi connectivity index (χ3n) is 2.37. The number of hydrogen-bond acceptors (Lipinski definition) is 0. The molecule has 0 fully saturated rings. The van der Waals surface area contributed by atoms with Gasteiger partial charge >= 0.3 is 0 Å². The normalized spacial score (nSPS) is 10.7. The molecule has 13 heavy (non-hydrogen) atoms. The predicted molar refractivity (Wildman–Crippen MR) is 61.1 cm³/mol. The van der Waals surface area contributed by atoms with Crippen LogP contribution in [0.1, 0.15) is 11.1 Å². The topological polar surface area (TPSA) is 0 Å². The van der Waals surface area contributed by atoms with Crippen LogP contribution in [0.3, 0.4) is 0 Å². The minimum atomic E-state index is 1.22. The van der Waals surface area contributed by atoms with Crippen LogP contribution in [-0.4, -0.2) is 0 Å². The lowest BCUT2D eigenvalue weighted by Crippen LogP contribution is -1.83. The average molecular weight is 235 g/mol. The van der Waals surface area contributed by atoms with Crippen molar-refractivity contribution in [3.63, 3.8) is 0 Å². The summed E-state index contributed by atoms with van der Waals surface area (Å²) in [6, 6.07) is 10.7.